The zero-order chi connectivity index (χ0) is 17.3. The van der Waals surface area contributed by atoms with Crippen molar-refractivity contribution in [3.05, 3.63) is 11.6 Å². The molecule has 0 saturated heterocycles. The van der Waals surface area contributed by atoms with Gasteiger partial charge in [0.2, 0.25) is 0 Å². The maximum Gasteiger partial charge on any atom is 0.310 e. The molecule has 2 aliphatic carbocycles. The highest BCUT2D eigenvalue weighted by molar-refractivity contribution is 5.84. The molecule has 0 aromatic heterocycles. The second-order valence-corrected chi connectivity index (χ2v) is 7.63. The van der Waals surface area contributed by atoms with Crippen molar-refractivity contribution in [3.63, 3.8) is 0 Å². The van der Waals surface area contributed by atoms with Crippen molar-refractivity contribution < 1.29 is 14.3 Å². The van der Waals surface area contributed by atoms with Gasteiger partial charge in [0.25, 0.3) is 5.91 Å². The molecule has 0 bridgehead atoms. The Balaban J connectivity index is 1.84. The number of carbonyl (C=O) groups is 2. The number of nitrogens with one attached hydrogen (secondary N) is 1. The third kappa shape index (κ3) is 3.74. The van der Waals surface area contributed by atoms with E-state index >= 15 is 0 Å². The average Bonchev–Trinajstić information content (AvgIpc) is 2.84. The van der Waals surface area contributed by atoms with Crippen LogP contribution in [0.5, 0.6) is 0 Å². The van der Waals surface area contributed by atoms with Gasteiger partial charge in [0, 0.05) is 0 Å². The van der Waals surface area contributed by atoms with Gasteiger partial charge in [-0.25, -0.2) is 0 Å². The molecule has 0 heterocycles. The fourth-order valence-corrected chi connectivity index (χ4v) is 3.57. The van der Waals surface area contributed by atoms with Crippen molar-refractivity contribution in [2.24, 2.45) is 17.3 Å². The smallest absolute Gasteiger partial charge is 0.310 e. The molecule has 0 aromatic carbocycles. The SMILES string of the molecule is CC(C)=C[C@@H]1[C@H](C(=O)OCC(=O)NC2(C#N)CCCC2)C1(C)C. The second-order valence-electron chi connectivity index (χ2n) is 7.63. The van der Waals surface area contributed by atoms with Gasteiger partial charge in [-0.2, -0.15) is 5.26 Å². The lowest BCUT2D eigenvalue weighted by Gasteiger charge is -2.21. The van der Waals surface area contributed by atoms with E-state index in [2.05, 4.69) is 17.5 Å². The lowest BCUT2D eigenvalue weighted by Crippen LogP contribution is -2.46. The number of allylic oxidation sites excluding steroid dienone is 2. The lowest BCUT2D eigenvalue weighted by molar-refractivity contribution is -0.151. The number of carbonyl (C=O) groups excluding carboxylic acids is 2. The number of nitriles is 1. The van der Waals surface area contributed by atoms with Crippen LogP contribution in [-0.4, -0.2) is 24.0 Å². The quantitative estimate of drug-likeness (QED) is 0.624. The van der Waals surface area contributed by atoms with Crippen LogP contribution in [-0.2, 0) is 14.3 Å². The third-order valence-electron chi connectivity index (χ3n) is 5.07. The van der Waals surface area contributed by atoms with E-state index < -0.39 is 5.54 Å². The molecular weight excluding hydrogens is 292 g/mol. The molecule has 23 heavy (non-hydrogen) atoms. The Morgan fingerprint density at radius 2 is 1.91 bits per heavy atom. The molecule has 126 valence electrons. The van der Waals surface area contributed by atoms with Crippen molar-refractivity contribution in [3.8, 4) is 6.07 Å². The standard InChI is InChI=1S/C18H26N2O3/c1-12(2)9-13-15(17(13,3)4)16(22)23-10-14(21)20-18(11-19)7-5-6-8-18/h9,13,15H,5-8,10H2,1-4H3,(H,20,21)/t13-,15-/m1/s1. The van der Waals surface area contributed by atoms with E-state index in [1.807, 2.05) is 27.7 Å². The van der Waals surface area contributed by atoms with E-state index in [1.54, 1.807) is 0 Å². The zero-order valence-corrected chi connectivity index (χ0v) is 14.4. The van der Waals surface area contributed by atoms with Crippen LogP contribution in [0.4, 0.5) is 0 Å². The molecule has 1 N–H and O–H groups in total. The molecule has 0 radical (unpaired) electrons. The summed E-state index contributed by atoms with van der Waals surface area (Å²) in [5.41, 5.74) is 0.283. The maximum atomic E-state index is 12.2. The van der Waals surface area contributed by atoms with Crippen LogP contribution in [0.1, 0.15) is 53.4 Å². The first-order valence-corrected chi connectivity index (χ1v) is 8.26. The number of amides is 1. The topological polar surface area (TPSA) is 79.2 Å². The first kappa shape index (κ1) is 17.5. The summed E-state index contributed by atoms with van der Waals surface area (Å²) in [5.74, 6) is -0.742. The lowest BCUT2D eigenvalue weighted by atomic mass is 10.00. The Bertz CT molecular complexity index is 561. The van der Waals surface area contributed by atoms with E-state index in [-0.39, 0.29) is 35.7 Å². The first-order chi connectivity index (χ1) is 10.7. The normalized spacial score (nSPS) is 26.7. The largest absolute Gasteiger partial charge is 0.455 e. The van der Waals surface area contributed by atoms with Crippen LogP contribution >= 0.6 is 0 Å². The molecule has 2 aliphatic rings. The molecule has 0 aromatic rings. The van der Waals surface area contributed by atoms with E-state index in [0.29, 0.717) is 12.8 Å². The fourth-order valence-electron chi connectivity index (χ4n) is 3.57. The summed E-state index contributed by atoms with van der Waals surface area (Å²) in [5, 5.41) is 12.0. The van der Waals surface area contributed by atoms with Crippen molar-refractivity contribution in [1.29, 1.82) is 5.26 Å². The van der Waals surface area contributed by atoms with E-state index in [1.165, 1.54) is 5.57 Å². The molecular formula is C18H26N2O3. The third-order valence-corrected chi connectivity index (χ3v) is 5.07. The van der Waals surface area contributed by atoms with Gasteiger partial charge >= 0.3 is 5.97 Å². The predicted octanol–water partition coefficient (Wildman–Crippen LogP) is 2.72. The molecule has 2 rings (SSSR count). The Kier molecular flexibility index (Phi) is 4.84. The van der Waals surface area contributed by atoms with Crippen LogP contribution in [0, 0.1) is 28.6 Å². The van der Waals surface area contributed by atoms with Crippen molar-refractivity contribution in [2.45, 2.75) is 58.9 Å². The molecule has 5 heteroatoms. The van der Waals surface area contributed by atoms with Crippen LogP contribution in [0.3, 0.4) is 0 Å². The molecule has 2 fully saturated rings. The number of rotatable bonds is 5. The summed E-state index contributed by atoms with van der Waals surface area (Å²) in [7, 11) is 0. The van der Waals surface area contributed by atoms with Crippen LogP contribution < -0.4 is 5.32 Å². The van der Waals surface area contributed by atoms with Gasteiger partial charge in [0.05, 0.1) is 12.0 Å². The summed E-state index contributed by atoms with van der Waals surface area (Å²) in [6.07, 6.45) is 5.31. The van der Waals surface area contributed by atoms with E-state index in [4.69, 9.17) is 4.74 Å². The van der Waals surface area contributed by atoms with E-state index in [0.717, 1.165) is 12.8 Å². The van der Waals surface area contributed by atoms with Crippen LogP contribution in [0.25, 0.3) is 0 Å². The van der Waals surface area contributed by atoms with Gasteiger partial charge in [0.1, 0.15) is 5.54 Å². The van der Waals surface area contributed by atoms with Crippen molar-refractivity contribution in [1.82, 2.24) is 5.32 Å². The Labute approximate surface area is 138 Å². The summed E-state index contributed by atoms with van der Waals surface area (Å²) < 4.78 is 5.19. The first-order valence-electron chi connectivity index (χ1n) is 8.26. The minimum atomic E-state index is -0.771. The van der Waals surface area contributed by atoms with Crippen LogP contribution in [0.2, 0.25) is 0 Å². The number of hydrogen-bond donors (Lipinski definition) is 1. The number of hydrogen-bond acceptors (Lipinski definition) is 4. The van der Waals surface area contributed by atoms with Gasteiger partial charge < -0.3 is 10.1 Å². The number of ether oxygens (including phenoxy) is 1. The van der Waals surface area contributed by atoms with Crippen LogP contribution in [0.15, 0.2) is 11.6 Å². The highest BCUT2D eigenvalue weighted by Crippen LogP contribution is 2.59. The minimum absolute atomic E-state index is 0.121. The summed E-state index contributed by atoms with van der Waals surface area (Å²) in [6.45, 7) is 7.77. The molecule has 0 unspecified atom stereocenters. The average molecular weight is 318 g/mol. The van der Waals surface area contributed by atoms with Crippen molar-refractivity contribution in [2.75, 3.05) is 6.61 Å². The number of nitrogens with zero attached hydrogens (tertiary/aromatic N) is 1. The molecule has 0 aliphatic heterocycles. The second kappa shape index (κ2) is 6.35. The van der Waals surface area contributed by atoms with Gasteiger partial charge in [0.15, 0.2) is 6.61 Å². The van der Waals surface area contributed by atoms with Gasteiger partial charge in [-0.15, -0.1) is 0 Å². The minimum Gasteiger partial charge on any atom is -0.455 e. The molecule has 2 atom stereocenters. The molecule has 0 spiro atoms. The Hall–Kier alpha value is -1.83. The Morgan fingerprint density at radius 1 is 1.30 bits per heavy atom. The van der Waals surface area contributed by atoms with Crippen molar-refractivity contribution >= 4 is 11.9 Å². The van der Waals surface area contributed by atoms with E-state index in [9.17, 15) is 14.9 Å². The predicted molar refractivity (Wildman–Crippen MR) is 86.1 cm³/mol. The van der Waals surface area contributed by atoms with Gasteiger partial charge in [-0.3, -0.25) is 9.59 Å². The molecule has 2 saturated carbocycles. The highest BCUT2D eigenvalue weighted by atomic mass is 16.5. The number of esters is 1. The monoisotopic (exact) mass is 318 g/mol. The Morgan fingerprint density at radius 3 is 2.43 bits per heavy atom. The highest BCUT2D eigenvalue weighted by Gasteiger charge is 2.61. The molecule has 1 amide bonds. The zero-order valence-electron chi connectivity index (χ0n) is 14.4. The van der Waals surface area contributed by atoms with Gasteiger partial charge in [-0.05, 0) is 50.9 Å². The molecule has 5 nitrogen and oxygen atoms in total. The van der Waals surface area contributed by atoms with Gasteiger partial charge in [-0.1, -0.05) is 25.5 Å². The summed E-state index contributed by atoms with van der Waals surface area (Å²) in [6, 6.07) is 2.19. The maximum absolute atomic E-state index is 12.2. The summed E-state index contributed by atoms with van der Waals surface area (Å²) >= 11 is 0. The summed E-state index contributed by atoms with van der Waals surface area (Å²) in [4.78, 5) is 24.2. The fraction of sp³-hybridized carbons (Fsp3) is 0.722.